The van der Waals surface area contributed by atoms with E-state index in [1.54, 1.807) is 35.8 Å². The Balaban J connectivity index is 1.41. The normalized spacial score (nSPS) is 20.9. The SMILES string of the molecule is Cc1noc(C)c1S(=O)(=O)N1CCCN(C(=O)C2CCCN(C(=O)c3ccco3)C2)CC1. The maximum atomic E-state index is 13.2. The van der Waals surface area contributed by atoms with Gasteiger partial charge in [0.1, 0.15) is 10.6 Å². The van der Waals surface area contributed by atoms with Crippen molar-refractivity contribution in [3.05, 3.63) is 35.6 Å². The van der Waals surface area contributed by atoms with Gasteiger partial charge in [0.15, 0.2) is 11.5 Å². The van der Waals surface area contributed by atoms with Crippen LogP contribution in [-0.2, 0) is 14.8 Å². The predicted octanol–water partition coefficient (Wildman–Crippen LogP) is 1.66. The lowest BCUT2D eigenvalue weighted by Gasteiger charge is -2.34. The van der Waals surface area contributed by atoms with Gasteiger partial charge in [0.2, 0.25) is 15.9 Å². The molecule has 2 aliphatic heterocycles. The zero-order chi connectivity index (χ0) is 22.9. The Kier molecular flexibility index (Phi) is 6.38. The molecule has 0 N–H and O–H groups in total. The minimum absolute atomic E-state index is 0.0291. The van der Waals surface area contributed by atoms with Crippen LogP contribution >= 0.6 is 0 Å². The van der Waals surface area contributed by atoms with Crippen molar-refractivity contribution in [3.63, 3.8) is 0 Å². The van der Waals surface area contributed by atoms with Crippen molar-refractivity contribution in [2.24, 2.45) is 5.92 Å². The average molecular weight is 465 g/mol. The summed E-state index contributed by atoms with van der Waals surface area (Å²) in [7, 11) is -3.75. The average Bonchev–Trinajstić information content (AvgIpc) is 3.35. The molecule has 2 saturated heterocycles. The number of rotatable bonds is 4. The summed E-state index contributed by atoms with van der Waals surface area (Å²) in [5.74, 6) is 0.00301. The van der Waals surface area contributed by atoms with Crippen LogP contribution in [0.5, 0.6) is 0 Å². The van der Waals surface area contributed by atoms with E-state index in [1.807, 2.05) is 0 Å². The molecule has 2 fully saturated rings. The number of aromatic nitrogens is 1. The number of furan rings is 1. The van der Waals surface area contributed by atoms with Crippen LogP contribution in [-0.4, -0.2) is 78.8 Å². The van der Waals surface area contributed by atoms with E-state index in [1.165, 1.54) is 10.6 Å². The van der Waals surface area contributed by atoms with Crippen molar-refractivity contribution in [1.29, 1.82) is 0 Å². The van der Waals surface area contributed by atoms with Crippen molar-refractivity contribution >= 4 is 21.8 Å². The molecule has 10 nitrogen and oxygen atoms in total. The second-order valence-corrected chi connectivity index (χ2v) is 10.2. The van der Waals surface area contributed by atoms with Gasteiger partial charge in [0.05, 0.1) is 12.2 Å². The molecule has 1 unspecified atom stereocenters. The molecule has 2 aromatic rings. The summed E-state index contributed by atoms with van der Waals surface area (Å²) in [4.78, 5) is 29.3. The summed E-state index contributed by atoms with van der Waals surface area (Å²) >= 11 is 0. The van der Waals surface area contributed by atoms with Crippen LogP contribution in [0.4, 0.5) is 0 Å². The highest BCUT2D eigenvalue weighted by Crippen LogP contribution is 2.26. The summed E-state index contributed by atoms with van der Waals surface area (Å²) in [6.45, 7) is 5.45. The lowest BCUT2D eigenvalue weighted by molar-refractivity contribution is -0.136. The molecule has 2 amide bonds. The highest BCUT2D eigenvalue weighted by Gasteiger charge is 2.36. The summed E-state index contributed by atoms with van der Waals surface area (Å²) in [5.41, 5.74) is 0.336. The lowest BCUT2D eigenvalue weighted by Crippen LogP contribution is -2.47. The van der Waals surface area contributed by atoms with Crippen molar-refractivity contribution in [2.75, 3.05) is 39.3 Å². The first kappa shape index (κ1) is 22.5. The third kappa shape index (κ3) is 4.31. The maximum absolute atomic E-state index is 13.2. The van der Waals surface area contributed by atoms with Crippen LogP contribution in [0, 0.1) is 19.8 Å². The van der Waals surface area contributed by atoms with Gasteiger partial charge < -0.3 is 18.7 Å². The van der Waals surface area contributed by atoms with E-state index < -0.39 is 10.0 Å². The van der Waals surface area contributed by atoms with Crippen LogP contribution < -0.4 is 0 Å². The summed E-state index contributed by atoms with van der Waals surface area (Å²) in [5, 5.41) is 3.76. The molecule has 2 aliphatic rings. The molecular weight excluding hydrogens is 436 g/mol. The fourth-order valence-electron chi connectivity index (χ4n) is 4.50. The number of nitrogens with zero attached hydrogens (tertiary/aromatic N) is 4. The second kappa shape index (κ2) is 9.07. The molecule has 0 saturated carbocycles. The van der Waals surface area contributed by atoms with E-state index in [-0.39, 0.29) is 40.7 Å². The molecule has 4 heterocycles. The molecule has 1 atom stereocenters. The first-order chi connectivity index (χ1) is 15.3. The molecule has 0 spiro atoms. The molecule has 0 radical (unpaired) electrons. The molecule has 0 bridgehead atoms. The monoisotopic (exact) mass is 464 g/mol. The third-order valence-electron chi connectivity index (χ3n) is 6.12. The summed E-state index contributed by atoms with van der Waals surface area (Å²) in [6, 6.07) is 3.29. The minimum Gasteiger partial charge on any atom is -0.459 e. The Morgan fingerprint density at radius 3 is 2.53 bits per heavy atom. The number of carbonyl (C=O) groups excluding carboxylic acids is 2. The Labute approximate surface area is 187 Å². The van der Waals surface area contributed by atoms with E-state index in [2.05, 4.69) is 5.16 Å². The predicted molar refractivity (Wildman–Crippen MR) is 113 cm³/mol. The zero-order valence-corrected chi connectivity index (χ0v) is 19.1. The smallest absolute Gasteiger partial charge is 0.289 e. The number of sulfonamides is 1. The molecule has 0 aromatic carbocycles. The Hall–Kier alpha value is -2.66. The molecule has 4 rings (SSSR count). The minimum atomic E-state index is -3.75. The largest absolute Gasteiger partial charge is 0.459 e. The second-order valence-electron chi connectivity index (χ2n) is 8.30. The first-order valence-electron chi connectivity index (χ1n) is 10.8. The molecular formula is C21H28N4O6S. The third-order valence-corrected chi connectivity index (χ3v) is 8.27. The number of amides is 2. The van der Waals surface area contributed by atoms with Crippen molar-refractivity contribution in [1.82, 2.24) is 19.3 Å². The Bertz CT molecular complexity index is 1060. The number of likely N-dealkylation sites (tertiary alicyclic amines) is 1. The van der Waals surface area contributed by atoms with Crippen molar-refractivity contribution in [2.45, 2.75) is 38.0 Å². The van der Waals surface area contributed by atoms with Crippen molar-refractivity contribution in [3.8, 4) is 0 Å². The topological polar surface area (TPSA) is 117 Å². The number of aryl methyl sites for hydroxylation is 2. The van der Waals surface area contributed by atoms with Gasteiger partial charge in [-0.2, -0.15) is 4.31 Å². The van der Waals surface area contributed by atoms with Gasteiger partial charge in [-0.15, -0.1) is 0 Å². The van der Waals surface area contributed by atoms with Gasteiger partial charge in [0.25, 0.3) is 5.91 Å². The van der Waals surface area contributed by atoms with E-state index in [4.69, 9.17) is 8.94 Å². The fraction of sp³-hybridized carbons (Fsp3) is 0.571. The number of hydrogen-bond acceptors (Lipinski definition) is 7. The van der Waals surface area contributed by atoms with Crippen molar-refractivity contribution < 1.29 is 26.9 Å². The maximum Gasteiger partial charge on any atom is 0.289 e. The van der Waals surface area contributed by atoms with Gasteiger partial charge in [-0.05, 0) is 45.2 Å². The van der Waals surface area contributed by atoms with Gasteiger partial charge in [0, 0.05) is 39.3 Å². The highest BCUT2D eigenvalue weighted by molar-refractivity contribution is 7.89. The number of hydrogen-bond donors (Lipinski definition) is 0. The van der Waals surface area contributed by atoms with E-state index >= 15 is 0 Å². The van der Waals surface area contributed by atoms with Crippen LogP contribution in [0.15, 0.2) is 32.2 Å². The Morgan fingerprint density at radius 1 is 1.06 bits per heavy atom. The van der Waals surface area contributed by atoms with Crippen LogP contribution in [0.25, 0.3) is 0 Å². The molecule has 0 aliphatic carbocycles. The molecule has 11 heteroatoms. The molecule has 32 heavy (non-hydrogen) atoms. The van der Waals surface area contributed by atoms with Crippen LogP contribution in [0.3, 0.4) is 0 Å². The highest BCUT2D eigenvalue weighted by atomic mass is 32.2. The Morgan fingerprint density at radius 2 is 1.84 bits per heavy atom. The first-order valence-corrected chi connectivity index (χ1v) is 12.3. The quantitative estimate of drug-likeness (QED) is 0.675. The number of piperidine rings is 1. The number of carbonyl (C=O) groups is 2. The molecule has 174 valence electrons. The summed E-state index contributed by atoms with van der Waals surface area (Å²) in [6.07, 6.45) is 3.44. The van der Waals surface area contributed by atoms with E-state index in [9.17, 15) is 18.0 Å². The standard InChI is InChI=1S/C21H28N4O6S/c1-15-19(16(2)31-22-15)32(28,29)25-10-5-9-23(11-12-25)20(26)17-6-3-8-24(14-17)21(27)18-7-4-13-30-18/h4,7,13,17H,3,5-6,8-12,14H2,1-2H3. The fourth-order valence-corrected chi connectivity index (χ4v) is 6.26. The van der Waals surface area contributed by atoms with Gasteiger partial charge in [-0.1, -0.05) is 5.16 Å². The van der Waals surface area contributed by atoms with Gasteiger partial charge in [-0.25, -0.2) is 8.42 Å². The van der Waals surface area contributed by atoms with E-state index in [0.717, 1.165) is 6.42 Å². The van der Waals surface area contributed by atoms with Gasteiger partial charge >= 0.3 is 0 Å². The summed E-state index contributed by atoms with van der Waals surface area (Å²) < 4.78 is 37.9. The molecule has 2 aromatic heterocycles. The van der Waals surface area contributed by atoms with Crippen LogP contribution in [0.2, 0.25) is 0 Å². The van der Waals surface area contributed by atoms with Gasteiger partial charge in [-0.3, -0.25) is 9.59 Å². The lowest BCUT2D eigenvalue weighted by atomic mass is 9.96. The zero-order valence-electron chi connectivity index (χ0n) is 18.3. The van der Waals surface area contributed by atoms with E-state index in [0.29, 0.717) is 51.3 Å². The van der Waals surface area contributed by atoms with Crippen LogP contribution in [0.1, 0.15) is 41.3 Å².